The minimum atomic E-state index is -3.68. The highest BCUT2D eigenvalue weighted by atomic mass is 32.2. The first-order valence-corrected chi connectivity index (χ1v) is 11.1. The quantitative estimate of drug-likeness (QED) is 0.652. The molecular formula is C18H23N3O5S2. The Balaban J connectivity index is 2.28. The van der Waals surface area contributed by atoms with Gasteiger partial charge in [0.1, 0.15) is 0 Å². The number of nitrogens with zero attached hydrogens (tertiary/aromatic N) is 2. The van der Waals surface area contributed by atoms with Crippen molar-refractivity contribution >= 4 is 38.4 Å². The van der Waals surface area contributed by atoms with Crippen LogP contribution in [0.2, 0.25) is 0 Å². The highest BCUT2D eigenvalue weighted by Crippen LogP contribution is 2.22. The van der Waals surface area contributed by atoms with Crippen LogP contribution in [0.15, 0.2) is 28.5 Å². The van der Waals surface area contributed by atoms with Crippen molar-refractivity contribution in [1.29, 1.82) is 0 Å². The molecule has 8 nitrogen and oxygen atoms in total. The maximum absolute atomic E-state index is 12.7. The van der Waals surface area contributed by atoms with Crippen LogP contribution in [0.25, 0.3) is 0 Å². The number of carbonyl (C=O) groups is 2. The van der Waals surface area contributed by atoms with Crippen LogP contribution >= 0.6 is 11.3 Å². The molecule has 0 spiro atoms. The van der Waals surface area contributed by atoms with Gasteiger partial charge in [0.05, 0.1) is 11.5 Å². The van der Waals surface area contributed by atoms with Gasteiger partial charge >= 0.3 is 5.97 Å². The predicted octanol–water partition coefficient (Wildman–Crippen LogP) is 2.91. The zero-order valence-electron chi connectivity index (χ0n) is 16.2. The molecule has 1 aromatic heterocycles. The lowest BCUT2D eigenvalue weighted by Crippen LogP contribution is -2.30. The first-order valence-electron chi connectivity index (χ1n) is 8.79. The van der Waals surface area contributed by atoms with E-state index in [1.165, 1.54) is 21.8 Å². The molecule has 0 aliphatic rings. The fraction of sp³-hybridized carbons (Fsp3) is 0.389. The molecule has 152 valence electrons. The maximum atomic E-state index is 12.7. The van der Waals surface area contributed by atoms with E-state index in [-0.39, 0.29) is 27.9 Å². The monoisotopic (exact) mass is 425 g/mol. The fourth-order valence-corrected chi connectivity index (χ4v) is 4.67. The molecule has 0 saturated heterocycles. The van der Waals surface area contributed by atoms with Crippen molar-refractivity contribution in [3.05, 3.63) is 40.4 Å². The molecule has 2 rings (SSSR count). The van der Waals surface area contributed by atoms with E-state index in [1.54, 1.807) is 33.8 Å². The molecule has 0 aliphatic heterocycles. The van der Waals surface area contributed by atoms with Crippen molar-refractivity contribution in [3.8, 4) is 0 Å². The maximum Gasteiger partial charge on any atom is 0.357 e. The third-order valence-corrected chi connectivity index (χ3v) is 6.81. The zero-order valence-corrected chi connectivity index (χ0v) is 17.8. The van der Waals surface area contributed by atoms with Crippen LogP contribution in [-0.4, -0.2) is 49.3 Å². The lowest BCUT2D eigenvalue weighted by molar-refractivity contribution is 0.0520. The van der Waals surface area contributed by atoms with Crippen molar-refractivity contribution in [2.75, 3.05) is 25.0 Å². The Morgan fingerprint density at radius 3 is 2.50 bits per heavy atom. The van der Waals surface area contributed by atoms with Gasteiger partial charge < -0.3 is 4.74 Å². The number of hydrogen-bond donors (Lipinski definition) is 1. The van der Waals surface area contributed by atoms with E-state index < -0.39 is 21.9 Å². The Morgan fingerprint density at radius 2 is 1.89 bits per heavy atom. The number of rotatable bonds is 8. The number of amides is 1. The van der Waals surface area contributed by atoms with Crippen LogP contribution in [-0.2, 0) is 14.8 Å². The second-order valence-electron chi connectivity index (χ2n) is 5.78. The number of ether oxygens (including phenoxy) is 1. The SMILES string of the molecule is CCOC(=O)c1csc(NC(=O)c2cc(S(=O)(=O)N(CC)CC)ccc2C)n1. The number of aromatic nitrogens is 1. The Kier molecular flexibility index (Phi) is 7.28. The molecule has 2 aromatic rings. The second-order valence-corrected chi connectivity index (χ2v) is 8.57. The highest BCUT2D eigenvalue weighted by molar-refractivity contribution is 7.89. The van der Waals surface area contributed by atoms with E-state index in [1.807, 2.05) is 0 Å². The van der Waals surface area contributed by atoms with E-state index >= 15 is 0 Å². The zero-order chi connectivity index (χ0) is 20.9. The number of nitrogens with one attached hydrogen (secondary N) is 1. The summed E-state index contributed by atoms with van der Waals surface area (Å²) in [5, 5.41) is 4.32. The molecule has 1 aromatic carbocycles. The molecular weight excluding hydrogens is 402 g/mol. The van der Waals surface area contributed by atoms with Gasteiger partial charge in [0, 0.05) is 24.0 Å². The van der Waals surface area contributed by atoms with Crippen LogP contribution in [0.3, 0.4) is 0 Å². The van der Waals surface area contributed by atoms with Gasteiger partial charge in [-0.05, 0) is 31.5 Å². The number of benzene rings is 1. The Labute approximate surface area is 168 Å². The van der Waals surface area contributed by atoms with Crippen molar-refractivity contribution < 1.29 is 22.7 Å². The molecule has 0 radical (unpaired) electrons. The Morgan fingerprint density at radius 1 is 1.21 bits per heavy atom. The van der Waals surface area contributed by atoms with Gasteiger partial charge in [-0.15, -0.1) is 11.3 Å². The summed E-state index contributed by atoms with van der Waals surface area (Å²) in [5.41, 5.74) is 0.955. The van der Waals surface area contributed by atoms with Crippen molar-refractivity contribution in [1.82, 2.24) is 9.29 Å². The molecule has 1 amide bonds. The van der Waals surface area contributed by atoms with Gasteiger partial charge in [0.2, 0.25) is 10.0 Å². The molecule has 0 saturated carbocycles. The molecule has 0 unspecified atom stereocenters. The lowest BCUT2D eigenvalue weighted by Gasteiger charge is -2.19. The van der Waals surface area contributed by atoms with Crippen LogP contribution in [0.5, 0.6) is 0 Å². The topological polar surface area (TPSA) is 106 Å². The number of esters is 1. The number of thiazole rings is 1. The molecule has 1 N–H and O–H groups in total. The summed E-state index contributed by atoms with van der Waals surface area (Å²) >= 11 is 1.08. The van der Waals surface area contributed by atoms with Gasteiger partial charge in [-0.3, -0.25) is 10.1 Å². The van der Waals surface area contributed by atoms with E-state index in [9.17, 15) is 18.0 Å². The molecule has 10 heteroatoms. The van der Waals surface area contributed by atoms with Crippen LogP contribution in [0.1, 0.15) is 47.2 Å². The van der Waals surface area contributed by atoms with Crippen LogP contribution < -0.4 is 5.32 Å². The Bertz CT molecular complexity index is 965. The summed E-state index contributed by atoms with van der Waals surface area (Å²) in [6, 6.07) is 4.44. The summed E-state index contributed by atoms with van der Waals surface area (Å²) in [6.45, 7) is 7.82. The van der Waals surface area contributed by atoms with Gasteiger partial charge in [-0.25, -0.2) is 18.2 Å². The number of hydrogen-bond acceptors (Lipinski definition) is 7. The molecule has 1 heterocycles. The standard InChI is InChI=1S/C18H23N3O5S2/c1-5-21(6-2)28(24,25)13-9-8-12(4)14(10-13)16(22)20-18-19-15(11-27-18)17(23)26-7-3/h8-11H,5-7H2,1-4H3,(H,19,20,22). The summed E-state index contributed by atoms with van der Waals surface area (Å²) in [5.74, 6) is -1.07. The minimum absolute atomic E-state index is 0.0540. The average Bonchev–Trinajstić information content (AvgIpc) is 3.11. The Hall–Kier alpha value is -2.30. The summed E-state index contributed by atoms with van der Waals surface area (Å²) < 4.78 is 31.6. The average molecular weight is 426 g/mol. The van der Waals surface area contributed by atoms with Crippen molar-refractivity contribution in [2.45, 2.75) is 32.6 Å². The first-order chi connectivity index (χ1) is 13.2. The van der Waals surface area contributed by atoms with Gasteiger partial charge in [0.25, 0.3) is 5.91 Å². The van der Waals surface area contributed by atoms with Crippen molar-refractivity contribution in [2.24, 2.45) is 0 Å². The first kappa shape index (κ1) is 22.0. The smallest absolute Gasteiger partial charge is 0.357 e. The summed E-state index contributed by atoms with van der Waals surface area (Å²) in [4.78, 5) is 28.4. The molecule has 28 heavy (non-hydrogen) atoms. The molecule has 0 bridgehead atoms. The second kappa shape index (κ2) is 9.26. The number of carbonyl (C=O) groups excluding carboxylic acids is 2. The molecule has 0 aliphatic carbocycles. The predicted molar refractivity (Wildman–Crippen MR) is 107 cm³/mol. The third kappa shape index (κ3) is 4.75. The van der Waals surface area contributed by atoms with Gasteiger partial charge in [0.15, 0.2) is 10.8 Å². The number of aryl methyl sites for hydroxylation is 1. The van der Waals surface area contributed by atoms with Crippen LogP contribution in [0, 0.1) is 6.92 Å². The van der Waals surface area contributed by atoms with Crippen LogP contribution in [0.4, 0.5) is 5.13 Å². The normalized spacial score (nSPS) is 11.5. The van der Waals surface area contributed by atoms with E-state index in [0.29, 0.717) is 18.7 Å². The number of sulfonamides is 1. The fourth-order valence-electron chi connectivity index (χ4n) is 2.51. The van der Waals surface area contributed by atoms with Gasteiger partial charge in [-0.1, -0.05) is 19.9 Å². The number of anilines is 1. The highest BCUT2D eigenvalue weighted by Gasteiger charge is 2.24. The van der Waals surface area contributed by atoms with E-state index in [4.69, 9.17) is 4.74 Å². The van der Waals surface area contributed by atoms with Gasteiger partial charge in [-0.2, -0.15) is 4.31 Å². The summed E-state index contributed by atoms with van der Waals surface area (Å²) in [7, 11) is -3.68. The lowest BCUT2D eigenvalue weighted by atomic mass is 10.1. The third-order valence-electron chi connectivity index (χ3n) is 4.01. The minimum Gasteiger partial charge on any atom is -0.461 e. The van der Waals surface area contributed by atoms with Crippen molar-refractivity contribution in [3.63, 3.8) is 0 Å². The molecule has 0 atom stereocenters. The van der Waals surface area contributed by atoms with E-state index in [2.05, 4.69) is 10.3 Å². The largest absolute Gasteiger partial charge is 0.461 e. The van der Waals surface area contributed by atoms with E-state index in [0.717, 1.165) is 11.3 Å². The summed E-state index contributed by atoms with van der Waals surface area (Å²) in [6.07, 6.45) is 0. The molecule has 0 fully saturated rings.